The van der Waals surface area contributed by atoms with E-state index in [0.717, 1.165) is 17.0 Å². The number of halogens is 1. The molecule has 3 aromatic heterocycles. The number of nitrogens with zero attached hydrogens (tertiary/aromatic N) is 5. The number of aryl methyl sites for hydroxylation is 3. The minimum absolute atomic E-state index is 0.0933. The van der Waals surface area contributed by atoms with Crippen LogP contribution in [0.25, 0.3) is 5.65 Å². The lowest BCUT2D eigenvalue weighted by Crippen LogP contribution is -2.20. The second-order valence-electron chi connectivity index (χ2n) is 5.40. The maximum Gasteiger partial charge on any atom is 0.268 e. The van der Waals surface area contributed by atoms with Gasteiger partial charge in [-0.3, -0.25) is 9.20 Å². The smallest absolute Gasteiger partial charge is 0.268 e. The van der Waals surface area contributed by atoms with Gasteiger partial charge in [0.05, 0.1) is 11.8 Å². The minimum Gasteiger partial charge on any atom is -0.268 e. The molecule has 0 saturated carbocycles. The first-order chi connectivity index (χ1) is 11.4. The van der Waals surface area contributed by atoms with Crippen molar-refractivity contribution in [3.05, 3.63) is 62.4 Å². The summed E-state index contributed by atoms with van der Waals surface area (Å²) in [6.07, 6.45) is 3.03. The Bertz CT molecular complexity index is 991. The van der Waals surface area contributed by atoms with Crippen molar-refractivity contribution in [2.75, 3.05) is 5.43 Å². The summed E-state index contributed by atoms with van der Waals surface area (Å²) < 4.78 is 1.44. The first-order valence-corrected chi connectivity index (χ1v) is 7.62. The molecule has 3 aromatic rings. The number of hydrazone groups is 1. The van der Waals surface area contributed by atoms with Crippen LogP contribution in [0.1, 0.15) is 22.5 Å². The van der Waals surface area contributed by atoms with Gasteiger partial charge in [-0.25, -0.2) is 20.4 Å². The first-order valence-electron chi connectivity index (χ1n) is 7.24. The zero-order valence-corrected chi connectivity index (χ0v) is 14.2. The molecule has 0 unspecified atom stereocenters. The van der Waals surface area contributed by atoms with E-state index in [9.17, 15) is 4.79 Å². The van der Waals surface area contributed by atoms with Crippen molar-refractivity contribution >= 4 is 29.4 Å². The van der Waals surface area contributed by atoms with Crippen molar-refractivity contribution < 1.29 is 0 Å². The molecule has 1 N–H and O–H groups in total. The van der Waals surface area contributed by atoms with Crippen LogP contribution in [0.15, 0.2) is 34.3 Å². The zero-order valence-electron chi connectivity index (χ0n) is 13.4. The van der Waals surface area contributed by atoms with Crippen LogP contribution in [0.5, 0.6) is 0 Å². The van der Waals surface area contributed by atoms with E-state index in [-0.39, 0.29) is 16.3 Å². The summed E-state index contributed by atoms with van der Waals surface area (Å²) in [4.78, 5) is 25.2. The van der Waals surface area contributed by atoms with Gasteiger partial charge in [0.25, 0.3) is 5.56 Å². The SMILES string of the molecule is Cc1ccc2nc(Cl)c(C=NNc3nc(C)cc(C)n3)c(=O)n2c1. The molecule has 0 spiro atoms. The van der Waals surface area contributed by atoms with E-state index in [1.165, 1.54) is 10.6 Å². The Hall–Kier alpha value is -2.80. The van der Waals surface area contributed by atoms with Crippen molar-refractivity contribution in [2.45, 2.75) is 20.8 Å². The number of pyridine rings is 1. The molecule has 8 heteroatoms. The van der Waals surface area contributed by atoms with Gasteiger partial charge in [0.15, 0.2) is 0 Å². The van der Waals surface area contributed by atoms with Crippen molar-refractivity contribution in [3.63, 3.8) is 0 Å². The Morgan fingerprint density at radius 2 is 1.88 bits per heavy atom. The molecule has 0 aliphatic rings. The zero-order chi connectivity index (χ0) is 17.3. The number of aromatic nitrogens is 4. The van der Waals surface area contributed by atoms with Gasteiger partial charge in [-0.05, 0) is 38.5 Å². The summed E-state index contributed by atoms with van der Waals surface area (Å²) in [6, 6.07) is 5.46. The highest BCUT2D eigenvalue weighted by Gasteiger charge is 2.09. The Morgan fingerprint density at radius 3 is 2.58 bits per heavy atom. The van der Waals surface area contributed by atoms with Gasteiger partial charge >= 0.3 is 0 Å². The van der Waals surface area contributed by atoms with Crippen molar-refractivity contribution in [3.8, 4) is 0 Å². The average Bonchev–Trinajstić information content (AvgIpc) is 2.50. The highest BCUT2D eigenvalue weighted by Crippen LogP contribution is 2.10. The molecule has 0 radical (unpaired) electrons. The predicted octanol–water partition coefficient (Wildman–Crippen LogP) is 2.51. The second-order valence-corrected chi connectivity index (χ2v) is 5.76. The van der Waals surface area contributed by atoms with Gasteiger partial charge in [0.2, 0.25) is 5.95 Å². The van der Waals surface area contributed by atoms with E-state index in [1.54, 1.807) is 12.3 Å². The molecule has 7 nitrogen and oxygen atoms in total. The molecule has 0 saturated heterocycles. The lowest BCUT2D eigenvalue weighted by molar-refractivity contribution is 1.02. The molecule has 0 aliphatic heterocycles. The number of anilines is 1. The molecule has 3 heterocycles. The standard InChI is InChI=1S/C16H15ClN6O/c1-9-4-5-13-21-14(17)12(15(24)23(13)8-9)7-18-22-16-19-10(2)6-11(3)20-16/h4-8H,1-3H3,(H,19,20,22). The summed E-state index contributed by atoms with van der Waals surface area (Å²) in [7, 11) is 0. The van der Waals surface area contributed by atoms with E-state index >= 15 is 0 Å². The maximum absolute atomic E-state index is 12.5. The summed E-state index contributed by atoms with van der Waals surface area (Å²) >= 11 is 6.11. The molecular weight excluding hydrogens is 328 g/mol. The van der Waals surface area contributed by atoms with Gasteiger partial charge in [0.1, 0.15) is 10.8 Å². The molecule has 0 amide bonds. The Balaban J connectivity index is 1.96. The van der Waals surface area contributed by atoms with Crippen LogP contribution in [-0.4, -0.2) is 25.6 Å². The molecule has 0 aromatic carbocycles. The highest BCUT2D eigenvalue weighted by molar-refractivity contribution is 6.32. The van der Waals surface area contributed by atoms with Gasteiger partial charge in [-0.2, -0.15) is 5.10 Å². The fourth-order valence-electron chi connectivity index (χ4n) is 2.27. The van der Waals surface area contributed by atoms with Crippen LogP contribution in [0.4, 0.5) is 5.95 Å². The first kappa shape index (κ1) is 16.1. The van der Waals surface area contributed by atoms with Crippen LogP contribution in [-0.2, 0) is 0 Å². The monoisotopic (exact) mass is 342 g/mol. The summed E-state index contributed by atoms with van der Waals surface area (Å²) in [5, 5.41) is 4.10. The fraction of sp³-hybridized carbons (Fsp3) is 0.188. The van der Waals surface area contributed by atoms with E-state index in [1.807, 2.05) is 32.9 Å². The number of hydrogen-bond acceptors (Lipinski definition) is 6. The van der Waals surface area contributed by atoms with E-state index in [2.05, 4.69) is 25.5 Å². The Morgan fingerprint density at radius 1 is 1.17 bits per heavy atom. The molecule has 24 heavy (non-hydrogen) atoms. The summed E-state index contributed by atoms with van der Waals surface area (Å²) in [5.41, 5.74) is 5.67. The van der Waals surface area contributed by atoms with Crippen LogP contribution >= 0.6 is 11.6 Å². The highest BCUT2D eigenvalue weighted by atomic mass is 35.5. The second kappa shape index (κ2) is 6.37. The fourth-order valence-corrected chi connectivity index (χ4v) is 2.49. The Labute approximate surface area is 143 Å². The van der Waals surface area contributed by atoms with Crippen molar-refractivity contribution in [1.82, 2.24) is 19.4 Å². The summed E-state index contributed by atoms with van der Waals surface area (Å²) in [5.74, 6) is 0.351. The molecule has 122 valence electrons. The molecule has 0 fully saturated rings. The van der Waals surface area contributed by atoms with Crippen LogP contribution in [0.2, 0.25) is 5.15 Å². The predicted molar refractivity (Wildman–Crippen MR) is 93.9 cm³/mol. The van der Waals surface area contributed by atoms with Gasteiger partial charge < -0.3 is 0 Å². The van der Waals surface area contributed by atoms with Crippen LogP contribution in [0, 0.1) is 20.8 Å². The van der Waals surface area contributed by atoms with Crippen molar-refractivity contribution in [1.29, 1.82) is 0 Å². The number of nitrogens with one attached hydrogen (secondary N) is 1. The molecule has 0 bridgehead atoms. The molecule has 3 rings (SSSR count). The maximum atomic E-state index is 12.5. The minimum atomic E-state index is -0.291. The summed E-state index contributed by atoms with van der Waals surface area (Å²) in [6.45, 7) is 5.62. The lowest BCUT2D eigenvalue weighted by atomic mass is 10.3. The third-order valence-electron chi connectivity index (χ3n) is 3.30. The number of fused-ring (bicyclic) bond motifs is 1. The van der Waals surface area contributed by atoms with Gasteiger partial charge in [-0.1, -0.05) is 17.7 Å². The lowest BCUT2D eigenvalue weighted by Gasteiger charge is -2.05. The van der Waals surface area contributed by atoms with Gasteiger partial charge in [0, 0.05) is 17.6 Å². The third kappa shape index (κ3) is 3.26. The molecular formula is C16H15ClN6O. The normalized spacial score (nSPS) is 11.3. The molecule has 0 aliphatic carbocycles. The number of hydrogen-bond donors (Lipinski definition) is 1. The topological polar surface area (TPSA) is 84.5 Å². The van der Waals surface area contributed by atoms with Crippen LogP contribution < -0.4 is 11.0 Å². The largest absolute Gasteiger partial charge is 0.268 e. The van der Waals surface area contributed by atoms with E-state index in [4.69, 9.17) is 11.6 Å². The number of rotatable bonds is 3. The Kier molecular flexibility index (Phi) is 4.26. The van der Waals surface area contributed by atoms with Gasteiger partial charge in [-0.15, -0.1) is 0 Å². The third-order valence-corrected chi connectivity index (χ3v) is 3.59. The average molecular weight is 343 g/mol. The van der Waals surface area contributed by atoms with E-state index < -0.39 is 0 Å². The van der Waals surface area contributed by atoms with Crippen molar-refractivity contribution in [2.24, 2.45) is 5.10 Å². The van der Waals surface area contributed by atoms with Crippen LogP contribution in [0.3, 0.4) is 0 Å². The van der Waals surface area contributed by atoms with E-state index in [0.29, 0.717) is 11.6 Å². The quantitative estimate of drug-likeness (QED) is 0.449. The molecule has 0 atom stereocenters.